The van der Waals surface area contributed by atoms with Gasteiger partial charge in [-0.25, -0.2) is 0 Å². The zero-order valence-corrected chi connectivity index (χ0v) is 22.9. The van der Waals surface area contributed by atoms with E-state index in [9.17, 15) is 9.59 Å². The lowest BCUT2D eigenvalue weighted by atomic mass is 10.2. The van der Waals surface area contributed by atoms with Gasteiger partial charge in [0.25, 0.3) is 5.56 Å². The molecular formula is C30H29ClN6O3. The molecule has 10 heteroatoms. The molecule has 3 heterocycles. The van der Waals surface area contributed by atoms with E-state index < -0.39 is 0 Å². The number of amides is 1. The van der Waals surface area contributed by atoms with Crippen LogP contribution in [0.2, 0.25) is 5.02 Å². The Morgan fingerprint density at radius 2 is 1.73 bits per heavy atom. The van der Waals surface area contributed by atoms with Gasteiger partial charge in [0, 0.05) is 55.8 Å². The number of fused-ring (bicyclic) bond motifs is 3. The van der Waals surface area contributed by atoms with Crippen molar-refractivity contribution in [3.63, 3.8) is 0 Å². The highest BCUT2D eigenvalue weighted by molar-refractivity contribution is 6.30. The maximum absolute atomic E-state index is 13.4. The van der Waals surface area contributed by atoms with Crippen molar-refractivity contribution in [1.29, 1.82) is 0 Å². The van der Waals surface area contributed by atoms with Gasteiger partial charge in [-0.2, -0.15) is 0 Å². The van der Waals surface area contributed by atoms with Crippen LogP contribution in [-0.2, 0) is 17.8 Å². The van der Waals surface area contributed by atoms with Gasteiger partial charge in [-0.3, -0.25) is 18.6 Å². The van der Waals surface area contributed by atoms with Crippen LogP contribution in [0.4, 0.5) is 5.69 Å². The van der Waals surface area contributed by atoms with Crippen molar-refractivity contribution in [3.8, 4) is 5.75 Å². The fourth-order valence-corrected chi connectivity index (χ4v) is 5.42. The van der Waals surface area contributed by atoms with Crippen molar-refractivity contribution < 1.29 is 9.53 Å². The number of rotatable bonds is 7. The Hall–Kier alpha value is -4.37. The predicted octanol–water partition coefficient (Wildman–Crippen LogP) is 4.04. The van der Waals surface area contributed by atoms with E-state index in [0.717, 1.165) is 35.6 Å². The number of benzene rings is 3. The second kappa shape index (κ2) is 11.0. The Morgan fingerprint density at radius 3 is 2.50 bits per heavy atom. The van der Waals surface area contributed by atoms with Gasteiger partial charge < -0.3 is 14.5 Å². The van der Waals surface area contributed by atoms with E-state index in [4.69, 9.17) is 16.3 Å². The molecule has 5 aromatic rings. The molecule has 40 heavy (non-hydrogen) atoms. The summed E-state index contributed by atoms with van der Waals surface area (Å²) in [6.07, 6.45) is 0.726. The average molecular weight is 557 g/mol. The Balaban J connectivity index is 1.21. The lowest BCUT2D eigenvalue weighted by Crippen LogP contribution is -2.48. The predicted molar refractivity (Wildman–Crippen MR) is 155 cm³/mol. The van der Waals surface area contributed by atoms with Crippen LogP contribution >= 0.6 is 11.6 Å². The van der Waals surface area contributed by atoms with Gasteiger partial charge in [-0.15, -0.1) is 10.2 Å². The number of methoxy groups -OCH3 is 1. The van der Waals surface area contributed by atoms with Crippen molar-refractivity contribution in [1.82, 2.24) is 24.1 Å². The standard InChI is InChI=1S/C30H29ClN6O3/c1-40-24-6-4-5-23(19-24)34-15-17-35(18-16-34)28(38)14-13-27-32-33-30-36(20-21-9-11-22(31)12-10-21)29(39)25-7-2-3-8-26(25)37(27)30/h2-12,19H,13-18,20H2,1H3. The van der Waals surface area contributed by atoms with Crippen LogP contribution in [0.3, 0.4) is 0 Å². The van der Waals surface area contributed by atoms with Crippen LogP contribution in [0.5, 0.6) is 5.75 Å². The van der Waals surface area contributed by atoms with E-state index in [0.29, 0.717) is 54.5 Å². The van der Waals surface area contributed by atoms with Gasteiger partial charge >= 0.3 is 0 Å². The van der Waals surface area contributed by atoms with E-state index in [1.165, 1.54) is 0 Å². The first kappa shape index (κ1) is 25.9. The smallest absolute Gasteiger partial charge is 0.263 e. The number of piperazine rings is 1. The van der Waals surface area contributed by atoms with Crippen LogP contribution in [0.15, 0.2) is 77.6 Å². The van der Waals surface area contributed by atoms with Crippen molar-refractivity contribution in [2.24, 2.45) is 0 Å². The van der Waals surface area contributed by atoms with Gasteiger partial charge in [0.05, 0.1) is 24.6 Å². The fraction of sp³-hybridized carbons (Fsp3) is 0.267. The fourth-order valence-electron chi connectivity index (χ4n) is 5.29. The summed E-state index contributed by atoms with van der Waals surface area (Å²) in [6.45, 7) is 3.15. The van der Waals surface area contributed by atoms with Crippen LogP contribution in [0.25, 0.3) is 16.7 Å². The molecule has 3 aromatic carbocycles. The molecule has 9 nitrogen and oxygen atoms in total. The molecular weight excluding hydrogens is 528 g/mol. The number of hydrogen-bond donors (Lipinski definition) is 0. The lowest BCUT2D eigenvalue weighted by molar-refractivity contribution is -0.131. The van der Waals surface area contributed by atoms with Crippen LogP contribution in [0.1, 0.15) is 17.8 Å². The van der Waals surface area contributed by atoms with E-state index in [1.54, 1.807) is 23.8 Å². The Kier molecular flexibility index (Phi) is 7.13. The molecule has 0 N–H and O–H groups in total. The first-order valence-corrected chi connectivity index (χ1v) is 13.7. The molecule has 0 aliphatic carbocycles. The number of aryl methyl sites for hydroxylation is 1. The monoisotopic (exact) mass is 556 g/mol. The van der Waals surface area contributed by atoms with Gasteiger partial charge in [-0.1, -0.05) is 41.9 Å². The highest BCUT2D eigenvalue weighted by Crippen LogP contribution is 2.23. The zero-order valence-electron chi connectivity index (χ0n) is 22.2. The minimum Gasteiger partial charge on any atom is -0.497 e. The van der Waals surface area contributed by atoms with Crippen LogP contribution in [-0.4, -0.2) is 63.3 Å². The number of nitrogens with zero attached hydrogens (tertiary/aromatic N) is 6. The number of aromatic nitrogens is 4. The quantitative estimate of drug-likeness (QED) is 0.301. The molecule has 1 aliphatic rings. The molecule has 0 spiro atoms. The molecule has 0 bridgehead atoms. The van der Waals surface area contributed by atoms with E-state index in [-0.39, 0.29) is 11.5 Å². The van der Waals surface area contributed by atoms with E-state index >= 15 is 0 Å². The molecule has 2 aromatic heterocycles. The number of ether oxygens (including phenoxy) is 1. The third-order valence-electron chi connectivity index (χ3n) is 7.44. The number of para-hydroxylation sites is 1. The Bertz CT molecular complexity index is 1740. The zero-order chi connectivity index (χ0) is 27.6. The van der Waals surface area contributed by atoms with Crippen LogP contribution in [0, 0.1) is 0 Å². The molecule has 204 valence electrons. The van der Waals surface area contributed by atoms with Gasteiger partial charge in [0.15, 0.2) is 0 Å². The maximum Gasteiger partial charge on any atom is 0.263 e. The first-order chi connectivity index (χ1) is 19.5. The molecule has 0 unspecified atom stereocenters. The summed E-state index contributed by atoms with van der Waals surface area (Å²) in [4.78, 5) is 30.8. The minimum atomic E-state index is -0.137. The van der Waals surface area contributed by atoms with Crippen molar-refractivity contribution in [2.75, 3.05) is 38.2 Å². The molecule has 0 saturated carbocycles. The molecule has 1 saturated heterocycles. The van der Waals surface area contributed by atoms with Crippen molar-refractivity contribution in [2.45, 2.75) is 19.4 Å². The molecule has 1 fully saturated rings. The molecule has 1 aliphatic heterocycles. The SMILES string of the molecule is COc1cccc(N2CCN(C(=O)CCc3nnc4n(Cc5ccc(Cl)cc5)c(=O)c5ccccc5n34)CC2)c1. The normalized spacial score (nSPS) is 13.8. The molecule has 1 amide bonds. The summed E-state index contributed by atoms with van der Waals surface area (Å²) >= 11 is 6.05. The lowest BCUT2D eigenvalue weighted by Gasteiger charge is -2.36. The molecule has 0 atom stereocenters. The number of anilines is 1. The highest BCUT2D eigenvalue weighted by atomic mass is 35.5. The summed E-state index contributed by atoms with van der Waals surface area (Å²) in [5.41, 5.74) is 2.62. The number of carbonyl (C=O) groups excluding carboxylic acids is 1. The summed E-state index contributed by atoms with van der Waals surface area (Å²) in [5, 5.41) is 10.0. The minimum absolute atomic E-state index is 0.0841. The summed E-state index contributed by atoms with van der Waals surface area (Å²) < 4.78 is 8.88. The third kappa shape index (κ3) is 5.00. The third-order valence-corrected chi connectivity index (χ3v) is 7.69. The largest absolute Gasteiger partial charge is 0.497 e. The summed E-state index contributed by atoms with van der Waals surface area (Å²) in [6, 6.07) is 22.8. The van der Waals surface area contributed by atoms with Crippen molar-refractivity contribution >= 4 is 39.9 Å². The maximum atomic E-state index is 13.4. The average Bonchev–Trinajstić information content (AvgIpc) is 3.43. The number of halogens is 1. The van der Waals surface area contributed by atoms with Gasteiger partial charge in [-0.05, 0) is 42.0 Å². The molecule has 6 rings (SSSR count). The van der Waals surface area contributed by atoms with Gasteiger partial charge in [0.2, 0.25) is 11.7 Å². The topological polar surface area (TPSA) is 85.0 Å². The second-order valence-electron chi connectivity index (χ2n) is 9.86. The summed E-state index contributed by atoms with van der Waals surface area (Å²) in [5.74, 6) is 2.01. The molecule has 0 radical (unpaired) electrons. The van der Waals surface area contributed by atoms with E-state index in [2.05, 4.69) is 21.2 Å². The van der Waals surface area contributed by atoms with Crippen molar-refractivity contribution in [3.05, 3.63) is 99.6 Å². The van der Waals surface area contributed by atoms with E-state index in [1.807, 2.05) is 63.9 Å². The second-order valence-corrected chi connectivity index (χ2v) is 10.3. The summed E-state index contributed by atoms with van der Waals surface area (Å²) in [7, 11) is 1.66. The van der Waals surface area contributed by atoms with Gasteiger partial charge in [0.1, 0.15) is 11.6 Å². The number of carbonyl (C=O) groups is 1. The first-order valence-electron chi connectivity index (χ1n) is 13.3. The number of hydrogen-bond acceptors (Lipinski definition) is 6. The Morgan fingerprint density at radius 1 is 0.950 bits per heavy atom. The Labute approximate surface area is 236 Å². The highest BCUT2D eigenvalue weighted by Gasteiger charge is 2.23. The van der Waals surface area contributed by atoms with Crippen LogP contribution < -0.4 is 15.2 Å².